The summed E-state index contributed by atoms with van der Waals surface area (Å²) in [4.78, 5) is 14.3. The first-order chi connectivity index (χ1) is 10.2. The van der Waals surface area contributed by atoms with Gasteiger partial charge < -0.3 is 15.2 Å². The van der Waals surface area contributed by atoms with E-state index in [1.807, 2.05) is 11.0 Å². The quantitative estimate of drug-likeness (QED) is 0.925. The minimum Gasteiger partial charge on any atom is -0.368 e. The van der Waals surface area contributed by atoms with Gasteiger partial charge in [0, 0.05) is 31.5 Å². The van der Waals surface area contributed by atoms with E-state index in [2.05, 4.69) is 5.16 Å². The van der Waals surface area contributed by atoms with Crippen LogP contribution in [0.5, 0.6) is 0 Å². The molecule has 116 valence electrons. The molecule has 0 spiro atoms. The number of nitrogens with two attached hydrogens (primary N) is 1. The molecule has 2 heterocycles. The maximum absolute atomic E-state index is 12.3. The van der Waals surface area contributed by atoms with Crippen LogP contribution in [0.2, 0.25) is 0 Å². The lowest BCUT2D eigenvalue weighted by atomic mass is 9.93. The minimum absolute atomic E-state index is 0.333. The number of rotatable bonds is 4. The highest BCUT2D eigenvalue weighted by molar-refractivity contribution is 5.76. The summed E-state index contributed by atoms with van der Waals surface area (Å²) >= 11 is 0. The number of nitrogen functional groups attached to an aromatic ring is 1. The highest BCUT2D eigenvalue weighted by Crippen LogP contribution is 2.30. The maximum Gasteiger partial charge on any atom is 0.222 e. The summed E-state index contributed by atoms with van der Waals surface area (Å²) in [5, 5.41) is 3.99. The van der Waals surface area contributed by atoms with E-state index in [9.17, 15) is 4.79 Å². The van der Waals surface area contributed by atoms with Crippen LogP contribution in [-0.2, 0) is 4.79 Å². The molecule has 5 heteroatoms. The Bertz CT molecular complexity index is 472. The molecular weight excluding hydrogens is 266 g/mol. The van der Waals surface area contributed by atoms with Gasteiger partial charge in [0.2, 0.25) is 11.8 Å². The van der Waals surface area contributed by atoms with Gasteiger partial charge in [-0.3, -0.25) is 4.79 Å². The van der Waals surface area contributed by atoms with Crippen LogP contribution < -0.4 is 5.73 Å². The second-order valence-electron chi connectivity index (χ2n) is 6.50. The van der Waals surface area contributed by atoms with E-state index >= 15 is 0 Å². The first kappa shape index (κ1) is 14.4. The summed E-state index contributed by atoms with van der Waals surface area (Å²) in [7, 11) is 0. The number of aromatic nitrogens is 1. The molecule has 1 aromatic rings. The van der Waals surface area contributed by atoms with E-state index in [0.717, 1.165) is 50.4 Å². The predicted octanol–water partition coefficient (Wildman–Crippen LogP) is 2.93. The Kier molecular flexibility index (Phi) is 4.46. The lowest BCUT2D eigenvalue weighted by Gasteiger charge is -2.31. The monoisotopic (exact) mass is 291 g/mol. The number of amides is 1. The number of likely N-dealkylation sites (tertiary alicyclic amines) is 1. The minimum atomic E-state index is 0.333. The lowest BCUT2D eigenvalue weighted by molar-refractivity contribution is -0.132. The molecule has 21 heavy (non-hydrogen) atoms. The van der Waals surface area contributed by atoms with Crippen LogP contribution >= 0.6 is 0 Å². The van der Waals surface area contributed by atoms with Crippen LogP contribution in [0.3, 0.4) is 0 Å². The number of carbonyl (C=O) groups is 1. The summed E-state index contributed by atoms with van der Waals surface area (Å²) in [6, 6.07) is 1.81. The number of anilines is 1. The Balaban J connectivity index is 1.43. The van der Waals surface area contributed by atoms with Gasteiger partial charge in [0.05, 0.1) is 5.69 Å². The molecular formula is C16H25N3O2. The number of piperidine rings is 1. The second kappa shape index (κ2) is 6.50. The summed E-state index contributed by atoms with van der Waals surface area (Å²) < 4.78 is 4.93. The number of carbonyl (C=O) groups excluding carboxylic acids is 1. The van der Waals surface area contributed by atoms with Gasteiger partial charge in [-0.25, -0.2) is 0 Å². The van der Waals surface area contributed by atoms with Gasteiger partial charge in [0.25, 0.3) is 0 Å². The molecule has 0 aromatic carbocycles. The molecule has 1 aliphatic heterocycles. The van der Waals surface area contributed by atoms with Crippen LogP contribution in [0.25, 0.3) is 0 Å². The van der Waals surface area contributed by atoms with Crippen molar-refractivity contribution in [3.8, 4) is 0 Å². The predicted molar refractivity (Wildman–Crippen MR) is 80.7 cm³/mol. The number of hydrogen-bond acceptors (Lipinski definition) is 4. The summed E-state index contributed by atoms with van der Waals surface area (Å²) in [6.45, 7) is 1.67. The zero-order valence-corrected chi connectivity index (χ0v) is 12.6. The van der Waals surface area contributed by atoms with Crippen LogP contribution in [0.1, 0.15) is 63.0 Å². The van der Waals surface area contributed by atoms with E-state index < -0.39 is 0 Å². The largest absolute Gasteiger partial charge is 0.368 e. The Morgan fingerprint density at radius 1 is 1.29 bits per heavy atom. The van der Waals surface area contributed by atoms with E-state index in [4.69, 9.17) is 10.3 Å². The van der Waals surface area contributed by atoms with E-state index in [-0.39, 0.29) is 0 Å². The molecule has 0 atom stereocenters. The zero-order valence-electron chi connectivity index (χ0n) is 12.6. The van der Waals surface area contributed by atoms with Crippen molar-refractivity contribution < 1.29 is 9.32 Å². The van der Waals surface area contributed by atoms with Crippen molar-refractivity contribution >= 4 is 11.8 Å². The molecule has 2 aliphatic rings. The molecule has 2 fully saturated rings. The average Bonchev–Trinajstić information content (AvgIpc) is 3.16. The molecule has 0 unspecified atom stereocenters. The van der Waals surface area contributed by atoms with Crippen LogP contribution in [0.4, 0.5) is 5.88 Å². The van der Waals surface area contributed by atoms with Gasteiger partial charge in [0.15, 0.2) is 0 Å². The van der Waals surface area contributed by atoms with Crippen LogP contribution in [-0.4, -0.2) is 29.1 Å². The SMILES string of the molecule is Nc1cc(C2CCN(C(=O)CCC3CCCC3)CC2)no1. The maximum atomic E-state index is 12.3. The van der Waals surface area contributed by atoms with Crippen molar-refractivity contribution in [2.45, 2.75) is 57.3 Å². The topological polar surface area (TPSA) is 72.4 Å². The summed E-state index contributed by atoms with van der Waals surface area (Å²) in [5.74, 6) is 1.88. The van der Waals surface area contributed by atoms with Crippen molar-refractivity contribution in [3.05, 3.63) is 11.8 Å². The first-order valence-corrected chi connectivity index (χ1v) is 8.22. The Hall–Kier alpha value is -1.52. The number of nitrogens with zero attached hydrogens (tertiary/aromatic N) is 2. The van der Waals surface area contributed by atoms with Crippen molar-refractivity contribution in [1.29, 1.82) is 0 Å². The molecule has 1 amide bonds. The van der Waals surface area contributed by atoms with Gasteiger partial charge in [0.1, 0.15) is 0 Å². The van der Waals surface area contributed by atoms with Gasteiger partial charge in [-0.15, -0.1) is 0 Å². The molecule has 1 aliphatic carbocycles. The zero-order chi connectivity index (χ0) is 14.7. The fraction of sp³-hybridized carbons (Fsp3) is 0.750. The summed E-state index contributed by atoms with van der Waals surface area (Å²) in [5.41, 5.74) is 6.50. The molecule has 2 N–H and O–H groups in total. The fourth-order valence-corrected chi connectivity index (χ4v) is 3.71. The highest BCUT2D eigenvalue weighted by atomic mass is 16.5. The Morgan fingerprint density at radius 2 is 2.00 bits per heavy atom. The summed E-state index contributed by atoms with van der Waals surface area (Å²) in [6.07, 6.45) is 9.08. The van der Waals surface area contributed by atoms with E-state index in [0.29, 0.717) is 17.7 Å². The molecule has 3 rings (SSSR count). The smallest absolute Gasteiger partial charge is 0.222 e. The highest BCUT2D eigenvalue weighted by Gasteiger charge is 2.26. The average molecular weight is 291 g/mol. The first-order valence-electron chi connectivity index (χ1n) is 8.22. The van der Waals surface area contributed by atoms with E-state index in [1.165, 1.54) is 25.7 Å². The number of hydrogen-bond donors (Lipinski definition) is 1. The molecule has 1 aromatic heterocycles. The third-order valence-electron chi connectivity index (χ3n) is 5.05. The third-order valence-corrected chi connectivity index (χ3v) is 5.05. The van der Waals surface area contributed by atoms with Gasteiger partial charge in [-0.05, 0) is 25.2 Å². The van der Waals surface area contributed by atoms with E-state index in [1.54, 1.807) is 0 Å². The second-order valence-corrected chi connectivity index (χ2v) is 6.50. The van der Waals surface area contributed by atoms with Crippen molar-refractivity contribution in [2.24, 2.45) is 5.92 Å². The van der Waals surface area contributed by atoms with Gasteiger partial charge >= 0.3 is 0 Å². The lowest BCUT2D eigenvalue weighted by Crippen LogP contribution is -2.38. The fourth-order valence-electron chi connectivity index (χ4n) is 3.71. The molecule has 5 nitrogen and oxygen atoms in total. The van der Waals surface area contributed by atoms with Crippen molar-refractivity contribution in [2.75, 3.05) is 18.8 Å². The molecule has 0 radical (unpaired) electrons. The van der Waals surface area contributed by atoms with Crippen LogP contribution in [0, 0.1) is 5.92 Å². The normalized spacial score (nSPS) is 21.0. The Labute approximate surface area is 125 Å². The Morgan fingerprint density at radius 3 is 2.62 bits per heavy atom. The van der Waals surface area contributed by atoms with Gasteiger partial charge in [-0.1, -0.05) is 30.8 Å². The third kappa shape index (κ3) is 3.57. The van der Waals surface area contributed by atoms with Crippen LogP contribution in [0.15, 0.2) is 10.6 Å². The van der Waals surface area contributed by atoms with Crippen molar-refractivity contribution in [3.63, 3.8) is 0 Å². The standard InChI is InChI=1S/C16H25N3O2/c17-15-11-14(18-21-15)13-7-9-19(10-8-13)16(20)6-5-12-3-1-2-4-12/h11-13H,1-10,17H2. The van der Waals surface area contributed by atoms with Crippen molar-refractivity contribution in [1.82, 2.24) is 10.1 Å². The van der Waals surface area contributed by atoms with Gasteiger partial charge in [-0.2, -0.15) is 0 Å². The molecule has 1 saturated carbocycles. The molecule has 0 bridgehead atoms. The molecule has 1 saturated heterocycles.